The molecule has 1 amide bonds. The summed E-state index contributed by atoms with van der Waals surface area (Å²) in [5, 5.41) is 13.2. The molecule has 0 aliphatic heterocycles. The van der Waals surface area contributed by atoms with Gasteiger partial charge in [0, 0.05) is 6.07 Å². The number of nitrogens with zero attached hydrogens (tertiary/aromatic N) is 1. The number of benzene rings is 1. The number of amides is 1. The molecule has 1 saturated carbocycles. The van der Waals surface area contributed by atoms with Gasteiger partial charge >= 0.3 is 6.18 Å². The summed E-state index contributed by atoms with van der Waals surface area (Å²) in [5.74, 6) is -2.90. The Morgan fingerprint density at radius 3 is 2.33 bits per heavy atom. The van der Waals surface area contributed by atoms with Gasteiger partial charge in [-0.25, -0.2) is 13.8 Å². The Hall–Kier alpha value is -2.75. The predicted octanol–water partition coefficient (Wildman–Crippen LogP) is 3.70. The Bertz CT molecular complexity index is 922. The van der Waals surface area contributed by atoms with E-state index in [0.717, 1.165) is 25.1 Å². The van der Waals surface area contributed by atoms with Crippen LogP contribution in [0.25, 0.3) is 0 Å². The number of carbonyl (C=O) groups is 1. The fourth-order valence-electron chi connectivity index (χ4n) is 3.21. The number of carbonyl (C=O) groups excluding carboxylic acids is 1. The number of alkyl halides is 3. The second-order valence-electron chi connectivity index (χ2n) is 7.44. The molecule has 10 heteroatoms. The lowest BCUT2D eigenvalue weighted by Crippen LogP contribution is -2.40. The summed E-state index contributed by atoms with van der Waals surface area (Å²) in [6.45, 7) is -0.378. The lowest BCUT2D eigenvalue weighted by Gasteiger charge is -2.26. The molecule has 1 aromatic heterocycles. The highest BCUT2D eigenvalue weighted by atomic mass is 19.4. The van der Waals surface area contributed by atoms with Crippen LogP contribution in [0.2, 0.25) is 0 Å². The first-order valence-electron chi connectivity index (χ1n) is 9.07. The van der Waals surface area contributed by atoms with E-state index < -0.39 is 53.4 Å². The molecule has 162 valence electrons. The van der Waals surface area contributed by atoms with Gasteiger partial charge in [-0.15, -0.1) is 0 Å². The Labute approximate surface area is 168 Å². The zero-order valence-corrected chi connectivity index (χ0v) is 15.9. The minimum atomic E-state index is -4.52. The van der Waals surface area contributed by atoms with Crippen LogP contribution in [-0.2, 0) is 15.9 Å². The number of hydrogen-bond acceptors (Lipinski definition) is 4. The van der Waals surface area contributed by atoms with E-state index in [-0.39, 0.29) is 5.88 Å². The summed E-state index contributed by atoms with van der Waals surface area (Å²) in [5.41, 5.74) is -3.36. The molecule has 1 aliphatic carbocycles. The first-order chi connectivity index (χ1) is 13.9. The van der Waals surface area contributed by atoms with Gasteiger partial charge < -0.3 is 15.2 Å². The molecule has 1 atom stereocenters. The second kappa shape index (κ2) is 7.82. The zero-order chi connectivity index (χ0) is 22.2. The van der Waals surface area contributed by atoms with Gasteiger partial charge in [0.05, 0.1) is 23.2 Å². The summed E-state index contributed by atoms with van der Waals surface area (Å²) < 4.78 is 69.6. The molecule has 1 fully saturated rings. The maximum atomic E-state index is 14.0. The largest absolute Gasteiger partial charge is 0.468 e. The molecule has 2 aromatic rings. The number of rotatable bonds is 7. The Kier molecular flexibility index (Phi) is 5.72. The number of ether oxygens (including phenoxy) is 1. The van der Waals surface area contributed by atoms with Gasteiger partial charge in [-0.1, -0.05) is 12.1 Å². The lowest BCUT2D eigenvalue weighted by molar-refractivity contribution is -0.154. The number of aliphatic hydroxyl groups is 1. The molecule has 0 spiro atoms. The molecule has 30 heavy (non-hydrogen) atoms. The van der Waals surface area contributed by atoms with Crippen LogP contribution in [-0.4, -0.2) is 28.8 Å². The van der Waals surface area contributed by atoms with Crippen molar-refractivity contribution >= 4 is 5.91 Å². The van der Waals surface area contributed by atoms with E-state index in [1.54, 1.807) is 0 Å². The first-order valence-corrected chi connectivity index (χ1v) is 9.07. The average Bonchev–Trinajstić information content (AvgIpc) is 3.39. The highest BCUT2D eigenvalue weighted by molar-refractivity contribution is 5.78. The van der Waals surface area contributed by atoms with Gasteiger partial charge in [0.15, 0.2) is 6.61 Å². The van der Waals surface area contributed by atoms with Gasteiger partial charge in [0.25, 0.3) is 0 Å². The summed E-state index contributed by atoms with van der Waals surface area (Å²) in [6, 6.07) is 7.34. The fraction of sp³-hybridized carbons (Fsp3) is 0.400. The summed E-state index contributed by atoms with van der Waals surface area (Å²) >= 11 is 0. The predicted molar refractivity (Wildman–Crippen MR) is 95.4 cm³/mol. The average molecular weight is 430 g/mol. The maximum absolute atomic E-state index is 14.0. The Balaban J connectivity index is 1.71. The highest BCUT2D eigenvalue weighted by Crippen LogP contribution is 2.45. The number of aromatic nitrogens is 1. The van der Waals surface area contributed by atoms with E-state index in [2.05, 4.69) is 15.0 Å². The van der Waals surface area contributed by atoms with Crippen molar-refractivity contribution in [3.05, 3.63) is 59.3 Å². The van der Waals surface area contributed by atoms with Crippen molar-refractivity contribution < 1.29 is 36.6 Å². The zero-order valence-electron chi connectivity index (χ0n) is 15.9. The van der Waals surface area contributed by atoms with Crippen LogP contribution in [0.3, 0.4) is 0 Å². The maximum Gasteiger partial charge on any atom is 0.422 e. The second-order valence-corrected chi connectivity index (χ2v) is 7.44. The Morgan fingerprint density at radius 2 is 1.77 bits per heavy atom. The van der Waals surface area contributed by atoms with Crippen molar-refractivity contribution in [1.29, 1.82) is 0 Å². The van der Waals surface area contributed by atoms with E-state index in [4.69, 9.17) is 0 Å². The number of halogens is 5. The smallest absolute Gasteiger partial charge is 0.422 e. The minimum absolute atomic E-state index is 0.245. The van der Waals surface area contributed by atoms with Crippen LogP contribution in [0.15, 0.2) is 36.4 Å². The van der Waals surface area contributed by atoms with Crippen molar-refractivity contribution in [2.75, 3.05) is 6.61 Å². The van der Waals surface area contributed by atoms with E-state index in [0.29, 0.717) is 18.5 Å². The van der Waals surface area contributed by atoms with Gasteiger partial charge in [-0.2, -0.15) is 13.2 Å². The van der Waals surface area contributed by atoms with Crippen LogP contribution < -0.4 is 10.1 Å². The van der Waals surface area contributed by atoms with Crippen molar-refractivity contribution in [1.82, 2.24) is 10.3 Å². The number of hydrogen-bond donors (Lipinski definition) is 2. The van der Waals surface area contributed by atoms with Crippen LogP contribution in [0.4, 0.5) is 22.0 Å². The highest BCUT2D eigenvalue weighted by Gasteiger charge is 2.48. The van der Waals surface area contributed by atoms with Gasteiger partial charge in [-0.3, -0.25) is 4.79 Å². The lowest BCUT2D eigenvalue weighted by atomic mass is 9.91. The molecular weight excluding hydrogens is 411 g/mol. The van der Waals surface area contributed by atoms with E-state index in [1.807, 2.05) is 0 Å². The monoisotopic (exact) mass is 430 g/mol. The SMILES string of the molecule is C[C@@](O)(CC(=O)NC1(c2cccc(OCC(F)(F)F)n2)CC1)c1c(F)cccc1F. The number of nitrogens with one attached hydrogen (secondary N) is 1. The van der Waals surface area contributed by atoms with Crippen LogP contribution >= 0.6 is 0 Å². The molecule has 3 rings (SSSR count). The van der Waals surface area contributed by atoms with E-state index >= 15 is 0 Å². The quantitative estimate of drug-likeness (QED) is 0.658. The third-order valence-electron chi connectivity index (χ3n) is 4.73. The van der Waals surface area contributed by atoms with E-state index in [1.165, 1.54) is 18.2 Å². The van der Waals surface area contributed by atoms with Crippen molar-refractivity contribution in [2.45, 2.75) is 43.5 Å². The third kappa shape index (κ3) is 5.05. The molecule has 0 saturated heterocycles. The molecule has 1 heterocycles. The van der Waals surface area contributed by atoms with Crippen LogP contribution in [0.1, 0.15) is 37.4 Å². The minimum Gasteiger partial charge on any atom is -0.468 e. The third-order valence-corrected chi connectivity index (χ3v) is 4.73. The van der Waals surface area contributed by atoms with Crippen molar-refractivity contribution in [3.63, 3.8) is 0 Å². The number of pyridine rings is 1. The molecule has 0 unspecified atom stereocenters. The Morgan fingerprint density at radius 1 is 1.17 bits per heavy atom. The standard InChI is InChI=1S/C20H19F5N2O3/c1-18(29,17-12(21)4-2-5-13(17)22)10-15(28)27-19(8-9-19)14-6-3-7-16(26-14)30-11-20(23,24)25/h2-7,29H,8-11H2,1H3,(H,27,28)/t18-/m1/s1. The first kappa shape index (κ1) is 21.9. The van der Waals surface area contributed by atoms with E-state index in [9.17, 15) is 31.9 Å². The van der Waals surface area contributed by atoms with Crippen molar-refractivity contribution in [3.8, 4) is 5.88 Å². The van der Waals surface area contributed by atoms with Gasteiger partial charge in [0.1, 0.15) is 17.2 Å². The van der Waals surface area contributed by atoms with Crippen LogP contribution in [0.5, 0.6) is 5.88 Å². The molecule has 2 N–H and O–H groups in total. The molecule has 1 aliphatic rings. The fourth-order valence-corrected chi connectivity index (χ4v) is 3.21. The van der Waals surface area contributed by atoms with Gasteiger partial charge in [-0.05, 0) is 38.0 Å². The molecule has 5 nitrogen and oxygen atoms in total. The normalized spacial score (nSPS) is 17.2. The molecular formula is C20H19F5N2O3. The molecule has 0 bridgehead atoms. The summed E-state index contributed by atoms with van der Waals surface area (Å²) in [4.78, 5) is 16.5. The van der Waals surface area contributed by atoms with Crippen molar-refractivity contribution in [2.24, 2.45) is 0 Å². The molecule has 0 radical (unpaired) electrons. The molecule has 1 aromatic carbocycles. The van der Waals surface area contributed by atoms with Gasteiger partial charge in [0.2, 0.25) is 11.8 Å². The topological polar surface area (TPSA) is 71.5 Å². The summed E-state index contributed by atoms with van der Waals surface area (Å²) in [6.07, 6.45) is -4.22. The van der Waals surface area contributed by atoms with Crippen LogP contribution in [0, 0.1) is 11.6 Å². The summed E-state index contributed by atoms with van der Waals surface area (Å²) in [7, 11) is 0.